The van der Waals surface area contributed by atoms with E-state index in [1.807, 2.05) is 48.5 Å². The van der Waals surface area contributed by atoms with Gasteiger partial charge in [-0.15, -0.1) is 0 Å². The van der Waals surface area contributed by atoms with Gasteiger partial charge in [0.2, 0.25) is 0 Å². The highest BCUT2D eigenvalue weighted by Gasteiger charge is 2.11. The fourth-order valence-electron chi connectivity index (χ4n) is 2.52. The van der Waals surface area contributed by atoms with Gasteiger partial charge < -0.3 is 9.47 Å². The summed E-state index contributed by atoms with van der Waals surface area (Å²) >= 11 is 6.88. The van der Waals surface area contributed by atoms with E-state index in [0.29, 0.717) is 23.7 Å². The molecule has 0 fully saturated rings. The predicted octanol–water partition coefficient (Wildman–Crippen LogP) is 5.56. The summed E-state index contributed by atoms with van der Waals surface area (Å²) in [7, 11) is 1.54. The van der Waals surface area contributed by atoms with Crippen molar-refractivity contribution in [1.82, 2.24) is 5.43 Å². The number of ether oxygens (including phenoxy) is 2. The number of benzene rings is 3. The number of hydrogen-bond donors (Lipinski definition) is 1. The molecule has 0 aromatic heterocycles. The maximum atomic E-state index is 12.4. The maximum Gasteiger partial charge on any atom is 0.271 e. The van der Waals surface area contributed by atoms with Gasteiger partial charge >= 0.3 is 0 Å². The average Bonchev–Trinajstić information content (AvgIpc) is 2.73. The number of carbonyl (C=O) groups excluding carboxylic acids is 1. The highest BCUT2D eigenvalue weighted by molar-refractivity contribution is 9.10. The highest BCUT2D eigenvalue weighted by Crippen LogP contribution is 2.29. The monoisotopic (exact) mass is 516 g/mol. The molecule has 0 saturated heterocycles. The zero-order chi connectivity index (χ0) is 20.6. The molecule has 0 atom stereocenters. The van der Waals surface area contributed by atoms with Crippen LogP contribution in [0.3, 0.4) is 0 Å². The first-order valence-electron chi connectivity index (χ1n) is 8.70. The molecule has 0 saturated carbocycles. The zero-order valence-electron chi connectivity index (χ0n) is 15.6. The molecular weight excluding hydrogens is 500 g/mol. The van der Waals surface area contributed by atoms with Gasteiger partial charge in [0.25, 0.3) is 5.91 Å². The second-order valence-electron chi connectivity index (χ2n) is 6.00. The normalized spacial score (nSPS) is 10.7. The van der Waals surface area contributed by atoms with Gasteiger partial charge in [0.05, 0.1) is 13.3 Å². The molecule has 1 amide bonds. The van der Waals surface area contributed by atoms with Gasteiger partial charge in [-0.3, -0.25) is 4.79 Å². The fraction of sp³-hybridized carbons (Fsp3) is 0.0909. The summed E-state index contributed by atoms with van der Waals surface area (Å²) in [5, 5.41) is 4.01. The quantitative estimate of drug-likeness (QED) is 0.329. The lowest BCUT2D eigenvalue weighted by molar-refractivity contribution is 0.0954. The van der Waals surface area contributed by atoms with Crippen molar-refractivity contribution in [2.45, 2.75) is 6.61 Å². The molecule has 0 radical (unpaired) electrons. The standard InChI is InChI=1S/C22H18Br2N2O3/c1-28-21-12-16(22(27)26-25-13-17-6-2-3-8-19(17)24)9-10-20(21)29-14-15-5-4-7-18(23)11-15/h2-13H,14H2,1H3,(H,26,27). The Kier molecular flexibility index (Phi) is 7.43. The van der Waals surface area contributed by atoms with Crippen LogP contribution in [0, 0.1) is 0 Å². The van der Waals surface area contributed by atoms with Crippen LogP contribution in [0.2, 0.25) is 0 Å². The largest absolute Gasteiger partial charge is 0.493 e. The van der Waals surface area contributed by atoms with E-state index in [-0.39, 0.29) is 5.91 Å². The van der Waals surface area contributed by atoms with E-state index < -0.39 is 0 Å². The van der Waals surface area contributed by atoms with Crippen LogP contribution in [0.1, 0.15) is 21.5 Å². The number of amides is 1. The lowest BCUT2D eigenvalue weighted by Gasteiger charge is -2.12. The third kappa shape index (κ3) is 5.92. The topological polar surface area (TPSA) is 59.9 Å². The van der Waals surface area contributed by atoms with Crippen LogP contribution in [-0.4, -0.2) is 19.2 Å². The summed E-state index contributed by atoms with van der Waals surface area (Å²) in [5.74, 6) is 0.688. The molecule has 0 unspecified atom stereocenters. The van der Waals surface area contributed by atoms with Crippen LogP contribution in [-0.2, 0) is 6.61 Å². The predicted molar refractivity (Wildman–Crippen MR) is 121 cm³/mol. The lowest BCUT2D eigenvalue weighted by Crippen LogP contribution is -2.17. The van der Waals surface area contributed by atoms with Crippen LogP contribution < -0.4 is 14.9 Å². The Bertz CT molecular complexity index is 1040. The molecule has 5 nitrogen and oxygen atoms in total. The van der Waals surface area contributed by atoms with Crippen molar-refractivity contribution >= 4 is 44.0 Å². The van der Waals surface area contributed by atoms with E-state index in [4.69, 9.17) is 9.47 Å². The van der Waals surface area contributed by atoms with Gasteiger partial charge in [-0.25, -0.2) is 5.43 Å². The number of halogens is 2. The number of nitrogens with one attached hydrogen (secondary N) is 1. The van der Waals surface area contributed by atoms with Crippen LogP contribution >= 0.6 is 31.9 Å². The molecule has 1 N–H and O–H groups in total. The molecule has 7 heteroatoms. The summed E-state index contributed by atoms with van der Waals surface area (Å²) in [6.07, 6.45) is 1.58. The van der Waals surface area contributed by atoms with Crippen molar-refractivity contribution in [2.24, 2.45) is 5.10 Å². The number of hydrogen-bond acceptors (Lipinski definition) is 4. The van der Waals surface area contributed by atoms with Crippen molar-refractivity contribution < 1.29 is 14.3 Å². The first-order valence-corrected chi connectivity index (χ1v) is 10.3. The molecule has 148 valence electrons. The molecule has 3 rings (SSSR count). The van der Waals surface area contributed by atoms with E-state index >= 15 is 0 Å². The van der Waals surface area contributed by atoms with Crippen molar-refractivity contribution in [3.8, 4) is 11.5 Å². The Balaban J connectivity index is 1.65. The van der Waals surface area contributed by atoms with Crippen LogP contribution in [0.5, 0.6) is 11.5 Å². The molecule has 0 aliphatic carbocycles. The number of rotatable bonds is 7. The van der Waals surface area contributed by atoms with Crippen molar-refractivity contribution in [2.75, 3.05) is 7.11 Å². The minimum Gasteiger partial charge on any atom is -0.493 e. The summed E-state index contributed by atoms with van der Waals surface area (Å²) in [5.41, 5.74) is 4.82. The zero-order valence-corrected chi connectivity index (χ0v) is 18.7. The molecule has 0 heterocycles. The molecule has 0 aliphatic rings. The van der Waals surface area contributed by atoms with Crippen LogP contribution in [0.15, 0.2) is 80.8 Å². The Morgan fingerprint density at radius 3 is 2.62 bits per heavy atom. The Morgan fingerprint density at radius 1 is 1.03 bits per heavy atom. The van der Waals surface area contributed by atoms with Gasteiger partial charge in [-0.05, 0) is 42.0 Å². The van der Waals surface area contributed by atoms with E-state index in [0.717, 1.165) is 20.1 Å². The van der Waals surface area contributed by atoms with E-state index in [1.54, 1.807) is 24.4 Å². The second kappa shape index (κ2) is 10.2. The summed E-state index contributed by atoms with van der Waals surface area (Å²) in [6, 6.07) is 20.5. The molecular formula is C22H18Br2N2O3. The minimum absolute atomic E-state index is 0.342. The third-order valence-electron chi connectivity index (χ3n) is 3.98. The molecule has 3 aromatic rings. The lowest BCUT2D eigenvalue weighted by atomic mass is 10.2. The van der Waals surface area contributed by atoms with Crippen LogP contribution in [0.25, 0.3) is 0 Å². The molecule has 3 aromatic carbocycles. The molecule has 0 spiro atoms. The number of methoxy groups -OCH3 is 1. The van der Waals surface area contributed by atoms with Crippen molar-refractivity contribution in [1.29, 1.82) is 0 Å². The summed E-state index contributed by atoms with van der Waals surface area (Å²) < 4.78 is 13.1. The highest BCUT2D eigenvalue weighted by atomic mass is 79.9. The van der Waals surface area contributed by atoms with Gasteiger partial charge in [-0.2, -0.15) is 5.10 Å². The average molecular weight is 518 g/mol. The van der Waals surface area contributed by atoms with Gasteiger partial charge in [-0.1, -0.05) is 62.2 Å². The van der Waals surface area contributed by atoms with Crippen molar-refractivity contribution in [3.63, 3.8) is 0 Å². The molecule has 29 heavy (non-hydrogen) atoms. The maximum absolute atomic E-state index is 12.4. The van der Waals surface area contributed by atoms with E-state index in [1.165, 1.54) is 7.11 Å². The van der Waals surface area contributed by atoms with Gasteiger partial charge in [0.15, 0.2) is 11.5 Å². The number of hydrazone groups is 1. The molecule has 0 bridgehead atoms. The Hall–Kier alpha value is -2.64. The fourth-order valence-corrected chi connectivity index (χ4v) is 3.35. The smallest absolute Gasteiger partial charge is 0.271 e. The summed E-state index contributed by atoms with van der Waals surface area (Å²) in [6.45, 7) is 0.386. The Labute approximate surface area is 186 Å². The third-order valence-corrected chi connectivity index (χ3v) is 5.20. The molecule has 0 aliphatic heterocycles. The summed E-state index contributed by atoms with van der Waals surface area (Å²) in [4.78, 5) is 12.4. The van der Waals surface area contributed by atoms with Gasteiger partial charge in [0, 0.05) is 20.1 Å². The van der Waals surface area contributed by atoms with E-state index in [2.05, 4.69) is 42.4 Å². The first kappa shape index (κ1) is 21.1. The number of carbonyl (C=O) groups is 1. The first-order chi connectivity index (χ1) is 14.1. The SMILES string of the molecule is COc1cc(C(=O)NN=Cc2ccccc2Br)ccc1OCc1cccc(Br)c1. The van der Waals surface area contributed by atoms with E-state index in [9.17, 15) is 4.79 Å². The minimum atomic E-state index is -0.342. The van der Waals surface area contributed by atoms with Gasteiger partial charge in [0.1, 0.15) is 6.61 Å². The Morgan fingerprint density at radius 2 is 1.86 bits per heavy atom. The van der Waals surface area contributed by atoms with Crippen LogP contribution in [0.4, 0.5) is 0 Å². The van der Waals surface area contributed by atoms with Crippen molar-refractivity contribution in [3.05, 3.63) is 92.4 Å². The second-order valence-corrected chi connectivity index (χ2v) is 7.77. The number of nitrogens with zero attached hydrogens (tertiary/aromatic N) is 1.